The third-order valence-corrected chi connectivity index (χ3v) is 5.67. The van der Waals surface area contributed by atoms with Gasteiger partial charge in [-0.05, 0) is 55.8 Å². The van der Waals surface area contributed by atoms with Gasteiger partial charge in [0.15, 0.2) is 0 Å². The molecule has 27 heavy (non-hydrogen) atoms. The van der Waals surface area contributed by atoms with Gasteiger partial charge in [-0.1, -0.05) is 26.0 Å². The second kappa shape index (κ2) is 8.87. The molecule has 1 aliphatic heterocycles. The molecule has 1 saturated carbocycles. The van der Waals surface area contributed by atoms with Gasteiger partial charge in [0.05, 0.1) is 0 Å². The molecule has 1 aliphatic carbocycles. The van der Waals surface area contributed by atoms with Crippen LogP contribution < -0.4 is 5.32 Å². The van der Waals surface area contributed by atoms with E-state index in [0.29, 0.717) is 12.6 Å². The Balaban J connectivity index is 1.48. The van der Waals surface area contributed by atoms with Crippen molar-refractivity contribution in [2.75, 3.05) is 26.7 Å². The monoisotopic (exact) mass is 371 g/mol. The number of amides is 2. The standard InChI is InChI=1S/C22H33N3O2/c1-16(2)21(26)24(3)15-18-6-8-19(9-7-18)22(27)25-12-10-20(11-13-25)23-14-17-4-5-17/h6-9,16-17,20,23H,4-5,10-15H2,1-3H3. The minimum absolute atomic E-state index is 0.00227. The van der Waals surface area contributed by atoms with Crippen LogP contribution in [0.2, 0.25) is 0 Å². The number of benzene rings is 1. The van der Waals surface area contributed by atoms with Crippen LogP contribution in [0.25, 0.3) is 0 Å². The van der Waals surface area contributed by atoms with Gasteiger partial charge >= 0.3 is 0 Å². The van der Waals surface area contributed by atoms with Crippen molar-refractivity contribution in [3.63, 3.8) is 0 Å². The summed E-state index contributed by atoms with van der Waals surface area (Å²) in [6, 6.07) is 8.26. The zero-order valence-corrected chi connectivity index (χ0v) is 16.9. The van der Waals surface area contributed by atoms with Crippen molar-refractivity contribution in [1.29, 1.82) is 0 Å². The van der Waals surface area contributed by atoms with Gasteiger partial charge in [0, 0.05) is 44.2 Å². The zero-order chi connectivity index (χ0) is 19.4. The molecule has 2 aliphatic rings. The SMILES string of the molecule is CC(C)C(=O)N(C)Cc1ccc(C(=O)N2CCC(NCC3CC3)CC2)cc1. The molecule has 3 rings (SSSR count). The lowest BCUT2D eigenvalue weighted by atomic mass is 10.0. The Kier molecular flexibility index (Phi) is 6.53. The maximum Gasteiger partial charge on any atom is 0.253 e. The first-order chi connectivity index (χ1) is 12.9. The lowest BCUT2D eigenvalue weighted by Gasteiger charge is -2.32. The van der Waals surface area contributed by atoms with Crippen LogP contribution in [0.3, 0.4) is 0 Å². The molecule has 0 unspecified atom stereocenters. The fraction of sp³-hybridized carbons (Fsp3) is 0.636. The number of carbonyl (C=O) groups is 2. The molecule has 0 bridgehead atoms. The molecule has 1 aromatic rings. The summed E-state index contributed by atoms with van der Waals surface area (Å²) >= 11 is 0. The van der Waals surface area contributed by atoms with Gasteiger partial charge in [0.1, 0.15) is 0 Å². The molecule has 1 N–H and O–H groups in total. The number of carbonyl (C=O) groups excluding carboxylic acids is 2. The third-order valence-electron chi connectivity index (χ3n) is 5.67. The van der Waals surface area contributed by atoms with E-state index >= 15 is 0 Å². The highest BCUT2D eigenvalue weighted by atomic mass is 16.2. The maximum atomic E-state index is 12.8. The van der Waals surface area contributed by atoms with E-state index in [1.807, 2.05) is 50.1 Å². The van der Waals surface area contributed by atoms with Crippen molar-refractivity contribution >= 4 is 11.8 Å². The van der Waals surface area contributed by atoms with E-state index < -0.39 is 0 Å². The summed E-state index contributed by atoms with van der Waals surface area (Å²) in [5.74, 6) is 1.15. The number of rotatable bonds is 7. The average Bonchev–Trinajstić information content (AvgIpc) is 3.50. The predicted octanol–water partition coefficient (Wildman–Crippen LogP) is 2.91. The summed E-state index contributed by atoms with van der Waals surface area (Å²) in [5, 5.41) is 3.66. The van der Waals surface area contributed by atoms with Crippen molar-refractivity contribution in [2.45, 2.75) is 52.1 Å². The van der Waals surface area contributed by atoms with E-state index in [-0.39, 0.29) is 17.7 Å². The first-order valence-electron chi connectivity index (χ1n) is 10.3. The summed E-state index contributed by atoms with van der Waals surface area (Å²) < 4.78 is 0. The van der Waals surface area contributed by atoms with Crippen LogP contribution >= 0.6 is 0 Å². The van der Waals surface area contributed by atoms with Gasteiger partial charge < -0.3 is 15.1 Å². The van der Waals surface area contributed by atoms with Crippen molar-refractivity contribution < 1.29 is 9.59 Å². The molecule has 2 fully saturated rings. The summed E-state index contributed by atoms with van der Waals surface area (Å²) in [6.45, 7) is 7.19. The minimum Gasteiger partial charge on any atom is -0.341 e. The van der Waals surface area contributed by atoms with Crippen LogP contribution in [-0.2, 0) is 11.3 Å². The van der Waals surface area contributed by atoms with Gasteiger partial charge in [0.2, 0.25) is 5.91 Å². The van der Waals surface area contributed by atoms with Crippen molar-refractivity contribution in [1.82, 2.24) is 15.1 Å². The summed E-state index contributed by atoms with van der Waals surface area (Å²) in [4.78, 5) is 28.5. The zero-order valence-electron chi connectivity index (χ0n) is 16.9. The highest BCUT2D eigenvalue weighted by Crippen LogP contribution is 2.28. The van der Waals surface area contributed by atoms with E-state index in [1.54, 1.807) is 4.90 Å². The minimum atomic E-state index is -0.00227. The third kappa shape index (κ3) is 5.55. The molecular weight excluding hydrogens is 338 g/mol. The Morgan fingerprint density at radius 3 is 2.30 bits per heavy atom. The van der Waals surface area contributed by atoms with Gasteiger partial charge in [0.25, 0.3) is 5.91 Å². The van der Waals surface area contributed by atoms with Gasteiger partial charge in [-0.3, -0.25) is 9.59 Å². The molecule has 0 atom stereocenters. The molecule has 5 nitrogen and oxygen atoms in total. The number of nitrogens with one attached hydrogen (secondary N) is 1. The van der Waals surface area contributed by atoms with Crippen LogP contribution in [0.15, 0.2) is 24.3 Å². The number of hydrogen-bond acceptors (Lipinski definition) is 3. The van der Waals surface area contributed by atoms with Gasteiger partial charge in [-0.25, -0.2) is 0 Å². The molecule has 0 spiro atoms. The molecule has 148 valence electrons. The summed E-state index contributed by atoms with van der Waals surface area (Å²) in [6.07, 6.45) is 4.83. The molecule has 5 heteroatoms. The van der Waals surface area contributed by atoms with Crippen LogP contribution in [0.4, 0.5) is 0 Å². The average molecular weight is 372 g/mol. The van der Waals surface area contributed by atoms with Crippen molar-refractivity contribution in [3.8, 4) is 0 Å². The summed E-state index contributed by atoms with van der Waals surface area (Å²) in [7, 11) is 1.82. The fourth-order valence-electron chi connectivity index (χ4n) is 3.67. The van der Waals surface area contributed by atoms with Crippen LogP contribution in [0.5, 0.6) is 0 Å². The smallest absolute Gasteiger partial charge is 0.253 e. The predicted molar refractivity (Wildman–Crippen MR) is 107 cm³/mol. The number of likely N-dealkylation sites (tertiary alicyclic amines) is 1. The van der Waals surface area contributed by atoms with Crippen molar-refractivity contribution in [2.24, 2.45) is 11.8 Å². The first kappa shape index (κ1) is 19.9. The molecule has 1 heterocycles. The molecule has 0 aromatic heterocycles. The first-order valence-corrected chi connectivity index (χ1v) is 10.3. The van der Waals surface area contributed by atoms with E-state index in [2.05, 4.69) is 5.32 Å². The van der Waals surface area contributed by atoms with E-state index in [1.165, 1.54) is 12.8 Å². The van der Waals surface area contributed by atoms with Gasteiger partial charge in [-0.2, -0.15) is 0 Å². The van der Waals surface area contributed by atoms with E-state index in [9.17, 15) is 9.59 Å². The normalized spacial score (nSPS) is 18.0. The van der Waals surface area contributed by atoms with E-state index in [4.69, 9.17) is 0 Å². The van der Waals surface area contributed by atoms with E-state index in [0.717, 1.165) is 49.5 Å². The molecular formula is C22H33N3O2. The summed E-state index contributed by atoms with van der Waals surface area (Å²) in [5.41, 5.74) is 1.78. The highest BCUT2D eigenvalue weighted by molar-refractivity contribution is 5.94. The molecule has 1 saturated heterocycles. The fourth-order valence-corrected chi connectivity index (χ4v) is 3.67. The number of nitrogens with zero attached hydrogens (tertiary/aromatic N) is 2. The molecule has 2 amide bonds. The lowest BCUT2D eigenvalue weighted by molar-refractivity contribution is -0.133. The Hall–Kier alpha value is -1.88. The van der Waals surface area contributed by atoms with Crippen LogP contribution in [0, 0.1) is 11.8 Å². The maximum absolute atomic E-state index is 12.8. The second-order valence-corrected chi connectivity index (χ2v) is 8.46. The van der Waals surface area contributed by atoms with Crippen molar-refractivity contribution in [3.05, 3.63) is 35.4 Å². The Morgan fingerprint density at radius 2 is 1.74 bits per heavy atom. The van der Waals surface area contributed by atoms with Crippen LogP contribution in [0.1, 0.15) is 55.5 Å². The molecule has 1 aromatic carbocycles. The Morgan fingerprint density at radius 1 is 1.11 bits per heavy atom. The largest absolute Gasteiger partial charge is 0.341 e. The highest BCUT2D eigenvalue weighted by Gasteiger charge is 2.26. The quantitative estimate of drug-likeness (QED) is 0.802. The Bertz CT molecular complexity index is 644. The lowest BCUT2D eigenvalue weighted by Crippen LogP contribution is -2.45. The topological polar surface area (TPSA) is 52.7 Å². The number of hydrogen-bond donors (Lipinski definition) is 1. The van der Waals surface area contributed by atoms with Crippen LogP contribution in [-0.4, -0.2) is 54.3 Å². The van der Waals surface area contributed by atoms with Gasteiger partial charge in [-0.15, -0.1) is 0 Å². The second-order valence-electron chi connectivity index (χ2n) is 8.46. The Labute approximate surface area is 163 Å². The molecule has 0 radical (unpaired) electrons. The number of piperidine rings is 1.